The number of rotatable bonds is 6. The zero-order chi connectivity index (χ0) is 15.4. The van der Waals surface area contributed by atoms with Gasteiger partial charge in [0, 0.05) is 18.4 Å². The van der Waals surface area contributed by atoms with Gasteiger partial charge in [0.05, 0.1) is 22.5 Å². The fourth-order valence-corrected chi connectivity index (χ4v) is 3.12. The molecule has 0 fully saturated rings. The van der Waals surface area contributed by atoms with Gasteiger partial charge < -0.3 is 0 Å². The minimum absolute atomic E-state index is 0.0125. The van der Waals surface area contributed by atoms with Crippen molar-refractivity contribution in [1.82, 2.24) is 15.2 Å². The third-order valence-corrected chi connectivity index (χ3v) is 4.80. The average Bonchev–Trinajstić information content (AvgIpc) is 2.79. The Morgan fingerprint density at radius 1 is 1.38 bits per heavy atom. The number of hydrogen-bond donors (Lipinski definition) is 2. The molecule has 1 heterocycles. The summed E-state index contributed by atoms with van der Waals surface area (Å²) >= 11 is 8.14. The summed E-state index contributed by atoms with van der Waals surface area (Å²) in [6.07, 6.45) is 3.60. The molecule has 0 saturated carbocycles. The van der Waals surface area contributed by atoms with Crippen LogP contribution in [0.4, 0.5) is 0 Å². The number of hydrazine groups is 1. The highest BCUT2D eigenvalue weighted by molar-refractivity contribution is 7.98. The lowest BCUT2D eigenvalue weighted by atomic mass is 10.0. The van der Waals surface area contributed by atoms with E-state index in [9.17, 15) is 0 Å². The number of halogens is 1. The van der Waals surface area contributed by atoms with Crippen molar-refractivity contribution in [2.45, 2.75) is 30.7 Å². The number of nitrogens with one attached hydrogen (secondary N) is 1. The Bertz CT molecular complexity index is 594. The van der Waals surface area contributed by atoms with Crippen molar-refractivity contribution in [1.29, 1.82) is 0 Å². The van der Waals surface area contributed by atoms with Crippen LogP contribution in [0, 0.1) is 0 Å². The minimum atomic E-state index is 0.0125. The summed E-state index contributed by atoms with van der Waals surface area (Å²) in [4.78, 5) is 1.24. The number of nitrogens with two attached hydrogens (primary N) is 1. The first kappa shape index (κ1) is 16.4. The Labute approximate surface area is 135 Å². The van der Waals surface area contributed by atoms with Crippen molar-refractivity contribution in [3.05, 3.63) is 46.2 Å². The van der Waals surface area contributed by atoms with Crippen LogP contribution in [0.25, 0.3) is 0 Å². The van der Waals surface area contributed by atoms with Crippen LogP contribution in [0.1, 0.15) is 29.9 Å². The summed E-state index contributed by atoms with van der Waals surface area (Å²) in [5.41, 5.74) is 5.96. The van der Waals surface area contributed by atoms with Crippen molar-refractivity contribution < 1.29 is 0 Å². The van der Waals surface area contributed by atoms with Crippen LogP contribution in [-0.2, 0) is 19.9 Å². The van der Waals surface area contributed by atoms with Crippen molar-refractivity contribution >= 4 is 23.4 Å². The van der Waals surface area contributed by atoms with Crippen LogP contribution >= 0.6 is 23.4 Å². The molecule has 3 N–H and O–H groups in total. The van der Waals surface area contributed by atoms with Gasteiger partial charge in [-0.1, -0.05) is 30.7 Å². The van der Waals surface area contributed by atoms with Crippen LogP contribution in [-0.4, -0.2) is 16.0 Å². The standard InChI is InChI=1S/C15H21ClN4S/c1-4-12-15(16)14(20(2)19-12)9-13(18-17)10-5-7-11(21-3)8-6-10/h5-8,13,18H,4,9,17H2,1-3H3. The highest BCUT2D eigenvalue weighted by Crippen LogP contribution is 2.27. The van der Waals surface area contributed by atoms with Crippen LogP contribution in [0.2, 0.25) is 5.02 Å². The van der Waals surface area contributed by atoms with Gasteiger partial charge in [0.2, 0.25) is 0 Å². The van der Waals surface area contributed by atoms with E-state index in [0.29, 0.717) is 6.42 Å². The van der Waals surface area contributed by atoms with Gasteiger partial charge in [0.15, 0.2) is 0 Å². The van der Waals surface area contributed by atoms with E-state index in [1.54, 1.807) is 11.8 Å². The molecule has 1 unspecified atom stereocenters. The van der Waals surface area contributed by atoms with Crippen LogP contribution < -0.4 is 11.3 Å². The number of hydrogen-bond acceptors (Lipinski definition) is 4. The number of aromatic nitrogens is 2. The molecule has 0 spiro atoms. The molecule has 0 radical (unpaired) electrons. The number of thioether (sulfide) groups is 1. The molecular formula is C15H21ClN4S. The predicted octanol–water partition coefficient (Wildman–Crippen LogP) is 3.10. The second kappa shape index (κ2) is 7.31. The Balaban J connectivity index is 2.24. The summed E-state index contributed by atoms with van der Waals surface area (Å²) in [7, 11) is 1.92. The second-order valence-corrected chi connectivity index (χ2v) is 6.14. The molecule has 0 aliphatic carbocycles. The monoisotopic (exact) mass is 324 g/mol. The van der Waals surface area contributed by atoms with Crippen molar-refractivity contribution in [3.8, 4) is 0 Å². The van der Waals surface area contributed by atoms with E-state index in [2.05, 4.69) is 48.0 Å². The third kappa shape index (κ3) is 3.61. The van der Waals surface area contributed by atoms with Gasteiger partial charge in [-0.25, -0.2) is 0 Å². The van der Waals surface area contributed by atoms with Crippen LogP contribution in [0.15, 0.2) is 29.2 Å². The van der Waals surface area contributed by atoms with Crippen molar-refractivity contribution in [3.63, 3.8) is 0 Å². The quantitative estimate of drug-likeness (QED) is 0.487. The SMILES string of the molecule is CCc1nn(C)c(CC(NN)c2ccc(SC)cc2)c1Cl. The van der Waals surface area contributed by atoms with E-state index in [0.717, 1.165) is 28.4 Å². The molecule has 4 nitrogen and oxygen atoms in total. The lowest BCUT2D eigenvalue weighted by Crippen LogP contribution is -2.30. The maximum atomic E-state index is 6.41. The van der Waals surface area contributed by atoms with E-state index in [1.807, 2.05) is 11.7 Å². The van der Waals surface area contributed by atoms with E-state index < -0.39 is 0 Å². The molecule has 1 aromatic heterocycles. The van der Waals surface area contributed by atoms with E-state index in [-0.39, 0.29) is 6.04 Å². The van der Waals surface area contributed by atoms with Gasteiger partial charge in [-0.2, -0.15) is 5.10 Å². The molecular weight excluding hydrogens is 304 g/mol. The molecule has 1 aromatic carbocycles. The summed E-state index contributed by atoms with van der Waals surface area (Å²) in [5, 5.41) is 5.20. The molecule has 6 heteroatoms. The van der Waals surface area contributed by atoms with Gasteiger partial charge in [0.25, 0.3) is 0 Å². The molecule has 0 amide bonds. The first-order valence-corrected chi connectivity index (χ1v) is 8.51. The largest absolute Gasteiger partial charge is 0.271 e. The average molecular weight is 325 g/mol. The van der Waals surface area contributed by atoms with E-state index >= 15 is 0 Å². The fourth-order valence-electron chi connectivity index (χ4n) is 2.34. The molecule has 1 atom stereocenters. The molecule has 0 bridgehead atoms. The zero-order valence-electron chi connectivity index (χ0n) is 12.6. The Hall–Kier alpha value is -1.01. The maximum Gasteiger partial charge on any atom is 0.0850 e. The smallest absolute Gasteiger partial charge is 0.0850 e. The molecule has 0 aliphatic rings. The van der Waals surface area contributed by atoms with E-state index in [1.165, 1.54) is 4.90 Å². The number of aryl methyl sites for hydroxylation is 2. The first-order chi connectivity index (χ1) is 10.1. The molecule has 114 valence electrons. The summed E-state index contributed by atoms with van der Waals surface area (Å²) in [6.45, 7) is 2.05. The topological polar surface area (TPSA) is 55.9 Å². The Morgan fingerprint density at radius 3 is 2.52 bits per heavy atom. The first-order valence-electron chi connectivity index (χ1n) is 6.91. The molecule has 0 saturated heterocycles. The number of benzene rings is 1. The summed E-state index contributed by atoms with van der Waals surface area (Å²) < 4.78 is 1.85. The lowest BCUT2D eigenvalue weighted by molar-refractivity contribution is 0.529. The predicted molar refractivity (Wildman–Crippen MR) is 89.6 cm³/mol. The third-order valence-electron chi connectivity index (χ3n) is 3.62. The zero-order valence-corrected chi connectivity index (χ0v) is 14.1. The summed E-state index contributed by atoms with van der Waals surface area (Å²) in [6, 6.07) is 8.42. The van der Waals surface area contributed by atoms with Crippen LogP contribution in [0.3, 0.4) is 0 Å². The summed E-state index contributed by atoms with van der Waals surface area (Å²) in [5.74, 6) is 5.73. The van der Waals surface area contributed by atoms with Gasteiger partial charge in [-0.15, -0.1) is 11.8 Å². The minimum Gasteiger partial charge on any atom is -0.271 e. The fraction of sp³-hybridized carbons (Fsp3) is 0.400. The lowest BCUT2D eigenvalue weighted by Gasteiger charge is -2.17. The molecule has 21 heavy (non-hydrogen) atoms. The maximum absolute atomic E-state index is 6.41. The molecule has 2 aromatic rings. The highest BCUT2D eigenvalue weighted by atomic mass is 35.5. The number of nitrogens with zero attached hydrogens (tertiary/aromatic N) is 2. The molecule has 0 aliphatic heterocycles. The Morgan fingerprint density at radius 2 is 2.05 bits per heavy atom. The normalized spacial score (nSPS) is 12.6. The second-order valence-electron chi connectivity index (χ2n) is 4.88. The van der Waals surface area contributed by atoms with E-state index in [4.69, 9.17) is 17.4 Å². The van der Waals surface area contributed by atoms with Gasteiger partial charge in [0.1, 0.15) is 0 Å². The van der Waals surface area contributed by atoms with Gasteiger partial charge in [-0.3, -0.25) is 16.0 Å². The van der Waals surface area contributed by atoms with Crippen LogP contribution in [0.5, 0.6) is 0 Å². The highest BCUT2D eigenvalue weighted by Gasteiger charge is 2.18. The molecule has 2 rings (SSSR count). The van der Waals surface area contributed by atoms with Gasteiger partial charge >= 0.3 is 0 Å². The van der Waals surface area contributed by atoms with Crippen molar-refractivity contribution in [2.75, 3.05) is 6.26 Å². The van der Waals surface area contributed by atoms with Gasteiger partial charge in [-0.05, 0) is 30.4 Å². The van der Waals surface area contributed by atoms with Crippen molar-refractivity contribution in [2.24, 2.45) is 12.9 Å². The Kier molecular flexibility index (Phi) is 5.70.